The molecule has 0 amide bonds. The Morgan fingerprint density at radius 1 is 1.25 bits per heavy atom. The van der Waals surface area contributed by atoms with E-state index >= 15 is 0 Å². The molecule has 7 heteroatoms. The minimum Gasteiger partial charge on any atom is -0.298 e. The minimum atomic E-state index is -3.73. The third-order valence-corrected chi connectivity index (χ3v) is 6.06. The lowest BCUT2D eigenvalue weighted by molar-refractivity contribution is -0.121. The molecule has 0 aromatic heterocycles. The Morgan fingerprint density at radius 2 is 1.95 bits per heavy atom. The van der Waals surface area contributed by atoms with Gasteiger partial charge in [-0.25, -0.2) is 8.42 Å². The van der Waals surface area contributed by atoms with Gasteiger partial charge in [0.25, 0.3) is 0 Å². The summed E-state index contributed by atoms with van der Waals surface area (Å²) in [6.45, 7) is 1.78. The molecule has 1 atom stereocenters. The molecular weight excluding hydrogens is 321 g/mol. The minimum absolute atomic E-state index is 0.0695. The Labute approximate surface area is 128 Å². The number of carbonyl (C=O) groups is 1. The van der Waals surface area contributed by atoms with Crippen molar-refractivity contribution < 1.29 is 13.2 Å². The Morgan fingerprint density at radius 3 is 2.55 bits per heavy atom. The van der Waals surface area contributed by atoms with Gasteiger partial charge in [0.05, 0.1) is 21.0 Å². The summed E-state index contributed by atoms with van der Waals surface area (Å²) in [6.07, 6.45) is 2.18. The van der Waals surface area contributed by atoms with Gasteiger partial charge >= 0.3 is 0 Å². The van der Waals surface area contributed by atoms with Crippen LogP contribution in [0.4, 0.5) is 0 Å². The van der Waals surface area contributed by atoms with E-state index < -0.39 is 16.1 Å². The Kier molecular flexibility index (Phi) is 4.74. The zero-order valence-corrected chi connectivity index (χ0v) is 13.3. The molecule has 4 nitrogen and oxygen atoms in total. The van der Waals surface area contributed by atoms with E-state index in [1.807, 2.05) is 0 Å². The second-order valence-corrected chi connectivity index (χ2v) is 7.52. The summed E-state index contributed by atoms with van der Waals surface area (Å²) >= 11 is 11.7. The molecule has 1 heterocycles. The molecule has 1 aliphatic rings. The van der Waals surface area contributed by atoms with Crippen LogP contribution in [0.2, 0.25) is 10.0 Å². The van der Waals surface area contributed by atoms with Gasteiger partial charge in [0.1, 0.15) is 5.78 Å². The van der Waals surface area contributed by atoms with E-state index in [-0.39, 0.29) is 15.7 Å². The third kappa shape index (κ3) is 3.01. The second kappa shape index (κ2) is 6.02. The van der Waals surface area contributed by atoms with Gasteiger partial charge in [-0.2, -0.15) is 4.31 Å². The smallest absolute Gasteiger partial charge is 0.243 e. The SMILES string of the molecule is CC(=O)C1CCCCN1S(=O)(=O)c1ccc(Cl)c(Cl)c1. The van der Waals surface area contributed by atoms with Crippen LogP contribution >= 0.6 is 23.2 Å². The van der Waals surface area contributed by atoms with Gasteiger partial charge in [-0.15, -0.1) is 0 Å². The van der Waals surface area contributed by atoms with Gasteiger partial charge in [0.2, 0.25) is 10.0 Å². The molecule has 1 aliphatic heterocycles. The average Bonchev–Trinajstić information content (AvgIpc) is 2.41. The molecule has 1 unspecified atom stereocenters. The first-order chi connectivity index (χ1) is 9.34. The van der Waals surface area contributed by atoms with Crippen molar-refractivity contribution in [3.8, 4) is 0 Å². The van der Waals surface area contributed by atoms with Crippen molar-refractivity contribution in [1.29, 1.82) is 0 Å². The third-order valence-electron chi connectivity index (χ3n) is 3.42. The van der Waals surface area contributed by atoms with E-state index in [0.29, 0.717) is 18.0 Å². The molecule has 1 aromatic carbocycles. The Balaban J connectivity index is 2.42. The van der Waals surface area contributed by atoms with Crippen LogP contribution < -0.4 is 0 Å². The molecule has 0 radical (unpaired) electrons. The summed E-state index contributed by atoms with van der Waals surface area (Å²) < 4.78 is 26.6. The van der Waals surface area contributed by atoms with E-state index in [1.165, 1.54) is 29.4 Å². The molecule has 0 saturated carbocycles. The molecule has 20 heavy (non-hydrogen) atoms. The highest BCUT2D eigenvalue weighted by molar-refractivity contribution is 7.89. The molecule has 0 N–H and O–H groups in total. The second-order valence-electron chi connectivity index (χ2n) is 4.81. The van der Waals surface area contributed by atoms with Gasteiger partial charge < -0.3 is 0 Å². The van der Waals surface area contributed by atoms with Crippen molar-refractivity contribution in [2.24, 2.45) is 0 Å². The van der Waals surface area contributed by atoms with Gasteiger partial charge in [-0.05, 0) is 38.0 Å². The molecule has 0 spiro atoms. The fourth-order valence-electron chi connectivity index (χ4n) is 2.37. The van der Waals surface area contributed by atoms with Crippen molar-refractivity contribution >= 4 is 39.0 Å². The first-order valence-corrected chi connectivity index (χ1v) is 8.51. The number of carbonyl (C=O) groups excluding carboxylic acids is 1. The fraction of sp³-hybridized carbons (Fsp3) is 0.462. The highest BCUT2D eigenvalue weighted by Crippen LogP contribution is 2.30. The zero-order chi connectivity index (χ0) is 14.9. The standard InChI is InChI=1S/C13H15Cl2NO3S/c1-9(17)13-4-2-3-7-16(13)20(18,19)10-5-6-11(14)12(15)8-10/h5-6,8,13H,2-4,7H2,1H3. The van der Waals surface area contributed by atoms with Crippen LogP contribution in [0, 0.1) is 0 Å². The van der Waals surface area contributed by atoms with Gasteiger partial charge in [0, 0.05) is 6.54 Å². The predicted molar refractivity (Wildman–Crippen MR) is 78.7 cm³/mol. The van der Waals surface area contributed by atoms with E-state index in [4.69, 9.17) is 23.2 Å². The molecule has 1 saturated heterocycles. The maximum atomic E-state index is 12.6. The molecule has 1 aromatic rings. The van der Waals surface area contributed by atoms with E-state index in [2.05, 4.69) is 0 Å². The number of hydrogen-bond acceptors (Lipinski definition) is 3. The summed E-state index contributed by atoms with van der Waals surface area (Å²) in [5, 5.41) is 0.483. The normalized spacial score (nSPS) is 20.9. The number of Topliss-reactive ketones (excluding diaryl/α,β-unsaturated/α-hetero) is 1. The average molecular weight is 336 g/mol. The number of hydrogen-bond donors (Lipinski definition) is 0. The molecule has 1 fully saturated rings. The molecular formula is C13H15Cl2NO3S. The number of ketones is 1. The van der Waals surface area contributed by atoms with Crippen LogP contribution in [0.15, 0.2) is 23.1 Å². The predicted octanol–water partition coefficient (Wildman–Crippen LogP) is 3.13. The number of piperidine rings is 1. The highest BCUT2D eigenvalue weighted by Gasteiger charge is 2.35. The Hall–Kier alpha value is -0.620. The summed E-state index contributed by atoms with van der Waals surface area (Å²) in [6, 6.07) is 3.60. The lowest BCUT2D eigenvalue weighted by Gasteiger charge is -2.33. The van der Waals surface area contributed by atoms with Gasteiger partial charge in [-0.3, -0.25) is 4.79 Å². The lowest BCUT2D eigenvalue weighted by Crippen LogP contribution is -2.47. The van der Waals surface area contributed by atoms with Crippen LogP contribution in [0.25, 0.3) is 0 Å². The van der Waals surface area contributed by atoms with Crippen LogP contribution in [-0.4, -0.2) is 31.1 Å². The molecule has 0 bridgehead atoms. The van der Waals surface area contributed by atoms with E-state index in [9.17, 15) is 13.2 Å². The van der Waals surface area contributed by atoms with Crippen LogP contribution in [0.1, 0.15) is 26.2 Å². The number of sulfonamides is 1. The van der Waals surface area contributed by atoms with Gasteiger partial charge in [-0.1, -0.05) is 29.6 Å². The van der Waals surface area contributed by atoms with Crippen molar-refractivity contribution in [1.82, 2.24) is 4.31 Å². The maximum absolute atomic E-state index is 12.6. The van der Waals surface area contributed by atoms with Crippen molar-refractivity contribution in [2.75, 3.05) is 6.54 Å². The van der Waals surface area contributed by atoms with Crippen molar-refractivity contribution in [3.05, 3.63) is 28.2 Å². The zero-order valence-electron chi connectivity index (χ0n) is 11.0. The highest BCUT2D eigenvalue weighted by atomic mass is 35.5. The molecule has 0 aliphatic carbocycles. The fourth-order valence-corrected chi connectivity index (χ4v) is 4.47. The van der Waals surface area contributed by atoms with Crippen molar-refractivity contribution in [2.45, 2.75) is 37.1 Å². The van der Waals surface area contributed by atoms with Crippen molar-refractivity contribution in [3.63, 3.8) is 0 Å². The number of halogens is 2. The van der Waals surface area contributed by atoms with Gasteiger partial charge in [0.15, 0.2) is 0 Å². The quantitative estimate of drug-likeness (QED) is 0.852. The molecule has 110 valence electrons. The number of rotatable bonds is 3. The summed E-state index contributed by atoms with van der Waals surface area (Å²) in [5.41, 5.74) is 0. The van der Waals surface area contributed by atoms with E-state index in [0.717, 1.165) is 12.8 Å². The first kappa shape index (κ1) is 15.8. The number of benzene rings is 1. The summed E-state index contributed by atoms with van der Waals surface area (Å²) in [7, 11) is -3.73. The molecule has 2 rings (SSSR count). The maximum Gasteiger partial charge on any atom is 0.243 e. The summed E-state index contributed by atoms with van der Waals surface area (Å²) in [5.74, 6) is -0.131. The Bertz CT molecular complexity index is 631. The topological polar surface area (TPSA) is 54.5 Å². The van der Waals surface area contributed by atoms with Crippen LogP contribution in [-0.2, 0) is 14.8 Å². The van der Waals surface area contributed by atoms with E-state index in [1.54, 1.807) is 0 Å². The summed E-state index contributed by atoms with van der Waals surface area (Å²) in [4.78, 5) is 11.7. The monoisotopic (exact) mass is 335 g/mol. The number of nitrogens with zero attached hydrogens (tertiary/aromatic N) is 1. The lowest BCUT2D eigenvalue weighted by atomic mass is 10.0. The largest absolute Gasteiger partial charge is 0.298 e. The van der Waals surface area contributed by atoms with Crippen LogP contribution in [0.5, 0.6) is 0 Å². The first-order valence-electron chi connectivity index (χ1n) is 6.31. The van der Waals surface area contributed by atoms with Crippen LogP contribution in [0.3, 0.4) is 0 Å².